The van der Waals surface area contributed by atoms with Crippen molar-refractivity contribution in [1.82, 2.24) is 5.32 Å². The predicted octanol–water partition coefficient (Wildman–Crippen LogP) is 14.1. The minimum atomic E-state index is -1.28. The summed E-state index contributed by atoms with van der Waals surface area (Å²) in [6.45, 7) is 4.05. The summed E-state index contributed by atoms with van der Waals surface area (Å²) in [5.74, 6) is -0.591. The van der Waals surface area contributed by atoms with Crippen molar-refractivity contribution in [3.63, 3.8) is 0 Å². The molecule has 1 amide bonds. The van der Waals surface area contributed by atoms with E-state index in [0.29, 0.717) is 12.8 Å². The zero-order chi connectivity index (χ0) is 41.7. The first kappa shape index (κ1) is 56.0. The molecule has 0 bridgehead atoms. The molecule has 0 fully saturated rings. The Labute approximate surface area is 355 Å². The Morgan fingerprint density at radius 3 is 1.05 bits per heavy atom. The molecule has 0 aromatic carbocycles. The number of allylic oxidation sites excluding steroid dienone is 2. The summed E-state index contributed by atoms with van der Waals surface area (Å²) < 4.78 is 0. The Morgan fingerprint density at radius 1 is 0.421 bits per heavy atom. The third kappa shape index (κ3) is 40.2. The Bertz CT molecular complexity index is 821. The Morgan fingerprint density at radius 2 is 0.719 bits per heavy atom. The van der Waals surface area contributed by atoms with Gasteiger partial charge in [0.25, 0.3) is 0 Å². The quantitative estimate of drug-likeness (QED) is 0.0311. The Hall–Kier alpha value is -0.950. The third-order valence-corrected chi connectivity index (χ3v) is 12.2. The van der Waals surface area contributed by atoms with Crippen LogP contribution in [0.3, 0.4) is 0 Å². The van der Waals surface area contributed by atoms with Gasteiger partial charge in [0.15, 0.2) is 0 Å². The van der Waals surface area contributed by atoms with Gasteiger partial charge in [-0.2, -0.15) is 0 Å². The molecule has 0 aliphatic rings. The summed E-state index contributed by atoms with van der Waals surface area (Å²) >= 11 is 0. The highest BCUT2D eigenvalue weighted by Crippen LogP contribution is 2.17. The Kier molecular flexibility index (Phi) is 45.4. The van der Waals surface area contributed by atoms with Gasteiger partial charge in [-0.05, 0) is 38.5 Å². The van der Waals surface area contributed by atoms with Crippen molar-refractivity contribution in [2.75, 3.05) is 6.61 Å². The molecule has 0 spiro atoms. The van der Waals surface area contributed by atoms with Crippen molar-refractivity contribution in [3.05, 3.63) is 12.2 Å². The first-order valence-electron chi connectivity index (χ1n) is 25.6. The van der Waals surface area contributed by atoms with E-state index in [9.17, 15) is 25.2 Å². The first-order valence-corrected chi connectivity index (χ1v) is 25.6. The van der Waals surface area contributed by atoms with Gasteiger partial charge in [-0.1, -0.05) is 251 Å². The van der Waals surface area contributed by atoms with Gasteiger partial charge < -0.3 is 25.7 Å². The van der Waals surface area contributed by atoms with Gasteiger partial charge in [0.05, 0.1) is 18.8 Å². The van der Waals surface area contributed by atoms with Crippen LogP contribution in [-0.2, 0) is 4.79 Å². The van der Waals surface area contributed by atoms with E-state index in [2.05, 4.69) is 31.3 Å². The largest absolute Gasteiger partial charge is 0.394 e. The maximum Gasteiger partial charge on any atom is 0.249 e. The van der Waals surface area contributed by atoms with Crippen LogP contribution in [-0.4, -0.2) is 57.3 Å². The van der Waals surface area contributed by atoms with E-state index in [0.717, 1.165) is 38.5 Å². The summed E-state index contributed by atoms with van der Waals surface area (Å²) in [7, 11) is 0. The summed E-state index contributed by atoms with van der Waals surface area (Å²) in [6, 6.07) is -0.997. The van der Waals surface area contributed by atoms with Crippen LogP contribution in [0.4, 0.5) is 0 Å². The van der Waals surface area contributed by atoms with Crippen molar-refractivity contribution in [1.29, 1.82) is 0 Å². The minimum absolute atomic E-state index is 0.367. The van der Waals surface area contributed by atoms with Gasteiger partial charge in [-0.3, -0.25) is 4.79 Å². The molecule has 4 unspecified atom stereocenters. The van der Waals surface area contributed by atoms with Crippen LogP contribution in [0.5, 0.6) is 0 Å². The fourth-order valence-electron chi connectivity index (χ4n) is 8.17. The highest BCUT2D eigenvalue weighted by Gasteiger charge is 2.28. The number of rotatable bonds is 47. The predicted molar refractivity (Wildman–Crippen MR) is 247 cm³/mol. The van der Waals surface area contributed by atoms with Gasteiger partial charge in [-0.25, -0.2) is 0 Å². The lowest BCUT2D eigenvalue weighted by Crippen LogP contribution is -2.53. The van der Waals surface area contributed by atoms with Crippen LogP contribution < -0.4 is 5.32 Å². The molecule has 0 rings (SSSR count). The van der Waals surface area contributed by atoms with Crippen LogP contribution >= 0.6 is 0 Å². The summed E-state index contributed by atoms with van der Waals surface area (Å²) in [4.78, 5) is 12.5. The van der Waals surface area contributed by atoms with Gasteiger partial charge in [-0.15, -0.1) is 0 Å². The van der Waals surface area contributed by atoms with Crippen LogP contribution in [0.1, 0.15) is 277 Å². The van der Waals surface area contributed by atoms with Gasteiger partial charge in [0.1, 0.15) is 12.2 Å². The molecule has 57 heavy (non-hydrogen) atoms. The molecule has 0 saturated heterocycles. The molecule has 0 aromatic heterocycles. The number of hydrogen-bond donors (Lipinski definition) is 5. The van der Waals surface area contributed by atoms with E-state index < -0.39 is 36.9 Å². The van der Waals surface area contributed by atoms with Gasteiger partial charge in [0.2, 0.25) is 5.91 Å². The fourth-order valence-corrected chi connectivity index (χ4v) is 8.17. The molecule has 0 radical (unpaired) electrons. The third-order valence-electron chi connectivity index (χ3n) is 12.2. The molecule has 340 valence electrons. The number of aliphatic hydroxyl groups is 4. The van der Waals surface area contributed by atoms with E-state index in [1.165, 1.54) is 212 Å². The van der Waals surface area contributed by atoms with Crippen molar-refractivity contribution in [2.24, 2.45) is 0 Å². The summed E-state index contributed by atoms with van der Waals surface area (Å²) in [5.41, 5.74) is 0. The standard InChI is InChI=1S/C51H101NO5/c1-3-5-7-9-11-13-15-17-18-19-20-21-22-23-24-25-26-27-28-29-30-31-32-33-35-36-38-40-42-44-48(54)50(56)47(46-53)52-51(57)49(55)45-43-41-39-37-34-16-14-12-10-8-6-4-2/h36,38,47-50,53-56H,3-35,37,39-46H2,1-2H3,(H,52,57)/b38-36+. The van der Waals surface area contributed by atoms with E-state index >= 15 is 0 Å². The highest BCUT2D eigenvalue weighted by atomic mass is 16.3. The second-order valence-corrected chi connectivity index (χ2v) is 17.9. The molecule has 5 N–H and O–H groups in total. The van der Waals surface area contributed by atoms with Gasteiger partial charge >= 0.3 is 0 Å². The van der Waals surface area contributed by atoms with Gasteiger partial charge in [0, 0.05) is 0 Å². The molecule has 0 heterocycles. The van der Waals surface area contributed by atoms with Crippen molar-refractivity contribution in [2.45, 2.75) is 301 Å². The zero-order valence-corrected chi connectivity index (χ0v) is 38.4. The monoisotopic (exact) mass is 808 g/mol. The normalized spacial score (nSPS) is 14.0. The lowest BCUT2D eigenvalue weighted by Gasteiger charge is -2.27. The average molecular weight is 808 g/mol. The topological polar surface area (TPSA) is 110 Å². The number of aliphatic hydroxyl groups excluding tert-OH is 4. The maximum absolute atomic E-state index is 12.5. The number of amides is 1. The van der Waals surface area contributed by atoms with Crippen molar-refractivity contribution >= 4 is 5.91 Å². The molecule has 0 aliphatic heterocycles. The van der Waals surface area contributed by atoms with E-state index in [1.807, 2.05) is 0 Å². The Balaban J connectivity index is 3.60. The molecule has 6 nitrogen and oxygen atoms in total. The average Bonchev–Trinajstić information content (AvgIpc) is 3.22. The minimum Gasteiger partial charge on any atom is -0.394 e. The lowest BCUT2D eigenvalue weighted by molar-refractivity contribution is -0.132. The summed E-state index contributed by atoms with van der Waals surface area (Å²) in [6.07, 6.45) is 52.8. The molecule has 6 heteroatoms. The molecular formula is C51H101NO5. The lowest BCUT2D eigenvalue weighted by atomic mass is 10.00. The van der Waals surface area contributed by atoms with E-state index in [4.69, 9.17) is 0 Å². The van der Waals surface area contributed by atoms with E-state index in [-0.39, 0.29) is 0 Å². The molecular weight excluding hydrogens is 707 g/mol. The first-order chi connectivity index (χ1) is 28.0. The number of unbranched alkanes of at least 4 members (excludes halogenated alkanes) is 36. The number of carbonyl (C=O) groups is 1. The number of carbonyl (C=O) groups excluding carboxylic acids is 1. The van der Waals surface area contributed by atoms with E-state index in [1.54, 1.807) is 0 Å². The van der Waals surface area contributed by atoms with Crippen molar-refractivity contribution in [3.8, 4) is 0 Å². The molecule has 0 aromatic rings. The summed E-state index contributed by atoms with van der Waals surface area (Å²) in [5, 5.41) is 43.7. The zero-order valence-electron chi connectivity index (χ0n) is 38.4. The second-order valence-electron chi connectivity index (χ2n) is 17.9. The molecule has 0 aliphatic carbocycles. The molecule has 4 atom stereocenters. The van der Waals surface area contributed by atoms with Crippen LogP contribution in [0.2, 0.25) is 0 Å². The highest BCUT2D eigenvalue weighted by molar-refractivity contribution is 5.80. The maximum atomic E-state index is 12.5. The molecule has 0 saturated carbocycles. The SMILES string of the molecule is CCCCCCCCCCCCCCCCCCCCCCCCCC/C=C/CCCC(O)C(O)C(CO)NC(=O)C(O)CCCCCCCCCCCCCC. The second kappa shape index (κ2) is 46.1. The van der Waals surface area contributed by atoms with Crippen LogP contribution in [0, 0.1) is 0 Å². The van der Waals surface area contributed by atoms with Crippen LogP contribution in [0.15, 0.2) is 12.2 Å². The van der Waals surface area contributed by atoms with Crippen LogP contribution in [0.25, 0.3) is 0 Å². The number of hydrogen-bond acceptors (Lipinski definition) is 5. The van der Waals surface area contributed by atoms with Crippen molar-refractivity contribution < 1.29 is 25.2 Å². The smallest absolute Gasteiger partial charge is 0.249 e. The fraction of sp³-hybridized carbons (Fsp3) is 0.941. The number of nitrogens with one attached hydrogen (secondary N) is 1.